The number of nitrogens with one attached hydrogen (secondary N) is 1. The number of carbonyl (C=O) groups excluding carboxylic acids is 1. The number of carbonyl (C=O) groups is 1. The highest BCUT2D eigenvalue weighted by Crippen LogP contribution is 2.19. The highest BCUT2D eigenvalue weighted by molar-refractivity contribution is 5.79. The van der Waals surface area contributed by atoms with E-state index < -0.39 is 0 Å². The van der Waals surface area contributed by atoms with E-state index in [4.69, 9.17) is 0 Å². The second-order valence-electron chi connectivity index (χ2n) is 4.13. The fourth-order valence-electron chi connectivity index (χ4n) is 0.944. The summed E-state index contributed by atoms with van der Waals surface area (Å²) in [5.74, 6) is 0.354. The molecular formula is C9H19NO. The van der Waals surface area contributed by atoms with Gasteiger partial charge in [0.1, 0.15) is 5.78 Å². The average Bonchev–Trinajstić information content (AvgIpc) is 1.79. The van der Waals surface area contributed by atoms with E-state index in [1.165, 1.54) is 0 Å². The lowest BCUT2D eigenvalue weighted by atomic mass is 9.89. The molecule has 0 amide bonds. The predicted octanol–water partition coefficient (Wildman–Crippen LogP) is 1.60. The van der Waals surface area contributed by atoms with Crippen LogP contribution < -0.4 is 5.32 Å². The van der Waals surface area contributed by atoms with Crippen LogP contribution in [0.4, 0.5) is 0 Å². The molecule has 0 saturated heterocycles. The molecule has 2 nitrogen and oxygen atoms in total. The fourth-order valence-corrected chi connectivity index (χ4v) is 0.944. The molecule has 0 fully saturated rings. The first-order valence-corrected chi connectivity index (χ1v) is 4.12. The van der Waals surface area contributed by atoms with Crippen molar-refractivity contribution in [2.24, 2.45) is 5.41 Å². The Balaban J connectivity index is 3.53. The van der Waals surface area contributed by atoms with E-state index in [2.05, 4.69) is 26.1 Å². The van der Waals surface area contributed by atoms with Gasteiger partial charge in [0, 0.05) is 19.4 Å². The summed E-state index contributed by atoms with van der Waals surface area (Å²) in [6.07, 6.45) is 1.35. The molecule has 0 rings (SSSR count). The first kappa shape index (κ1) is 10.6. The summed E-state index contributed by atoms with van der Waals surface area (Å²) in [6, 6.07) is 0. The maximum absolute atomic E-state index is 11.2. The molecule has 2 heteroatoms. The number of hydrogen-bond acceptors (Lipinski definition) is 2. The number of rotatable bonds is 4. The molecule has 11 heavy (non-hydrogen) atoms. The van der Waals surface area contributed by atoms with E-state index in [0.29, 0.717) is 18.6 Å². The predicted molar refractivity (Wildman–Crippen MR) is 47.6 cm³/mol. The zero-order chi connectivity index (χ0) is 8.91. The van der Waals surface area contributed by atoms with Crippen LogP contribution in [0.25, 0.3) is 0 Å². The van der Waals surface area contributed by atoms with Crippen LogP contribution in [0.2, 0.25) is 0 Å². The van der Waals surface area contributed by atoms with E-state index in [-0.39, 0.29) is 5.41 Å². The minimum atomic E-state index is 0.144. The zero-order valence-electron chi connectivity index (χ0n) is 8.03. The standard InChI is InChI=1S/C9H19NO/c1-9(2,3)7-8(11)5-6-10-4/h10H,5-7H2,1-4H3. The van der Waals surface area contributed by atoms with Gasteiger partial charge in [0.25, 0.3) is 0 Å². The van der Waals surface area contributed by atoms with Gasteiger partial charge in [-0.15, -0.1) is 0 Å². The van der Waals surface area contributed by atoms with Crippen molar-refractivity contribution < 1.29 is 4.79 Å². The molecule has 0 aromatic rings. The lowest BCUT2D eigenvalue weighted by Gasteiger charge is -2.16. The monoisotopic (exact) mass is 157 g/mol. The first-order chi connectivity index (χ1) is 4.95. The lowest BCUT2D eigenvalue weighted by Crippen LogP contribution is -2.17. The quantitative estimate of drug-likeness (QED) is 0.671. The normalized spacial score (nSPS) is 11.6. The summed E-state index contributed by atoms with van der Waals surface area (Å²) in [6.45, 7) is 7.06. The zero-order valence-corrected chi connectivity index (χ0v) is 8.03. The summed E-state index contributed by atoms with van der Waals surface area (Å²) in [5.41, 5.74) is 0.144. The summed E-state index contributed by atoms with van der Waals surface area (Å²) in [7, 11) is 1.87. The highest BCUT2D eigenvalue weighted by atomic mass is 16.1. The molecule has 0 heterocycles. The molecule has 0 atom stereocenters. The number of Topliss-reactive ketones (excluding diaryl/α,β-unsaturated/α-hetero) is 1. The van der Waals surface area contributed by atoms with Gasteiger partial charge in [-0.2, -0.15) is 0 Å². The SMILES string of the molecule is CNCCC(=O)CC(C)(C)C. The van der Waals surface area contributed by atoms with Crippen molar-refractivity contribution in [1.29, 1.82) is 0 Å². The molecule has 0 unspecified atom stereocenters. The lowest BCUT2D eigenvalue weighted by molar-refractivity contribution is -0.120. The number of ketones is 1. The first-order valence-electron chi connectivity index (χ1n) is 4.12. The summed E-state index contributed by atoms with van der Waals surface area (Å²) in [5, 5.41) is 2.96. The Morgan fingerprint density at radius 2 is 1.91 bits per heavy atom. The summed E-state index contributed by atoms with van der Waals surface area (Å²) < 4.78 is 0. The molecule has 0 aromatic carbocycles. The third-order valence-corrected chi connectivity index (χ3v) is 1.38. The number of hydrogen-bond donors (Lipinski definition) is 1. The molecule has 0 aromatic heterocycles. The van der Waals surface area contributed by atoms with Crippen molar-refractivity contribution >= 4 is 5.78 Å². The van der Waals surface area contributed by atoms with Crippen LogP contribution >= 0.6 is 0 Å². The minimum Gasteiger partial charge on any atom is -0.319 e. The van der Waals surface area contributed by atoms with Crippen molar-refractivity contribution in [2.75, 3.05) is 13.6 Å². The van der Waals surface area contributed by atoms with Crippen LogP contribution in [0.1, 0.15) is 33.6 Å². The van der Waals surface area contributed by atoms with Crippen molar-refractivity contribution in [1.82, 2.24) is 5.32 Å². The van der Waals surface area contributed by atoms with Gasteiger partial charge in [-0.3, -0.25) is 4.79 Å². The molecule has 0 saturated carbocycles. The van der Waals surface area contributed by atoms with E-state index in [1.54, 1.807) is 0 Å². The average molecular weight is 157 g/mol. The molecule has 0 spiro atoms. The second kappa shape index (κ2) is 4.50. The Hall–Kier alpha value is -0.370. The van der Waals surface area contributed by atoms with Crippen LogP contribution in [0.15, 0.2) is 0 Å². The van der Waals surface area contributed by atoms with Crippen LogP contribution in [0, 0.1) is 5.41 Å². The van der Waals surface area contributed by atoms with Gasteiger partial charge in [0.05, 0.1) is 0 Å². The van der Waals surface area contributed by atoms with E-state index in [0.717, 1.165) is 6.54 Å². The highest BCUT2D eigenvalue weighted by Gasteiger charge is 2.14. The van der Waals surface area contributed by atoms with Gasteiger partial charge < -0.3 is 5.32 Å². The molecule has 0 aliphatic carbocycles. The second-order valence-corrected chi connectivity index (χ2v) is 4.13. The molecule has 1 N–H and O–H groups in total. The maximum Gasteiger partial charge on any atom is 0.134 e. The van der Waals surface area contributed by atoms with Crippen molar-refractivity contribution in [3.63, 3.8) is 0 Å². The molecule has 0 aliphatic heterocycles. The Morgan fingerprint density at radius 3 is 2.27 bits per heavy atom. The van der Waals surface area contributed by atoms with Gasteiger partial charge in [0.2, 0.25) is 0 Å². The Labute approximate surface area is 69.4 Å². The minimum absolute atomic E-state index is 0.144. The van der Waals surface area contributed by atoms with Crippen LogP contribution in [0.5, 0.6) is 0 Å². The van der Waals surface area contributed by atoms with Crippen molar-refractivity contribution in [3.8, 4) is 0 Å². The summed E-state index contributed by atoms with van der Waals surface area (Å²) in [4.78, 5) is 11.2. The topological polar surface area (TPSA) is 29.1 Å². The van der Waals surface area contributed by atoms with Gasteiger partial charge in [0.15, 0.2) is 0 Å². The van der Waals surface area contributed by atoms with Gasteiger partial charge in [-0.1, -0.05) is 20.8 Å². The third-order valence-electron chi connectivity index (χ3n) is 1.38. The Morgan fingerprint density at radius 1 is 1.36 bits per heavy atom. The van der Waals surface area contributed by atoms with Crippen LogP contribution in [-0.4, -0.2) is 19.4 Å². The molecule has 0 aliphatic rings. The smallest absolute Gasteiger partial charge is 0.134 e. The fraction of sp³-hybridized carbons (Fsp3) is 0.889. The molecule has 66 valence electrons. The van der Waals surface area contributed by atoms with E-state index in [1.807, 2.05) is 7.05 Å². The van der Waals surface area contributed by atoms with Crippen LogP contribution in [0.3, 0.4) is 0 Å². The third kappa shape index (κ3) is 7.53. The maximum atomic E-state index is 11.2. The van der Waals surface area contributed by atoms with Crippen LogP contribution in [-0.2, 0) is 4.79 Å². The van der Waals surface area contributed by atoms with E-state index in [9.17, 15) is 4.79 Å². The van der Waals surface area contributed by atoms with Crippen molar-refractivity contribution in [3.05, 3.63) is 0 Å². The Kier molecular flexibility index (Phi) is 4.34. The van der Waals surface area contributed by atoms with Gasteiger partial charge in [-0.25, -0.2) is 0 Å². The van der Waals surface area contributed by atoms with Gasteiger partial charge >= 0.3 is 0 Å². The molecule has 0 radical (unpaired) electrons. The van der Waals surface area contributed by atoms with Gasteiger partial charge in [-0.05, 0) is 12.5 Å². The summed E-state index contributed by atoms with van der Waals surface area (Å²) >= 11 is 0. The Bertz CT molecular complexity index is 124. The van der Waals surface area contributed by atoms with E-state index >= 15 is 0 Å². The molecule has 0 bridgehead atoms. The molecular weight excluding hydrogens is 138 g/mol. The van der Waals surface area contributed by atoms with Crippen molar-refractivity contribution in [2.45, 2.75) is 33.6 Å². The largest absolute Gasteiger partial charge is 0.319 e.